The van der Waals surface area contributed by atoms with Crippen molar-refractivity contribution in [2.45, 2.75) is 46.5 Å². The van der Waals surface area contributed by atoms with Crippen LogP contribution < -0.4 is 10.1 Å². The average molecular weight is 249 g/mol. The van der Waals surface area contributed by atoms with Crippen LogP contribution in [0.15, 0.2) is 6.07 Å². The zero-order valence-electron chi connectivity index (χ0n) is 11.6. The molecule has 4 heteroatoms. The van der Waals surface area contributed by atoms with Crippen LogP contribution >= 0.6 is 0 Å². The number of nitrogens with zero attached hydrogens (tertiary/aromatic N) is 2. The number of nitrogens with one attached hydrogen (secondary N) is 1. The molecule has 2 rings (SSSR count). The summed E-state index contributed by atoms with van der Waals surface area (Å²) in [7, 11) is 0. The van der Waals surface area contributed by atoms with Gasteiger partial charge in [0.05, 0.1) is 6.61 Å². The molecule has 0 atom stereocenters. The monoisotopic (exact) mass is 249 g/mol. The molecule has 1 N–H and O–H groups in total. The van der Waals surface area contributed by atoms with E-state index in [-0.39, 0.29) is 0 Å². The van der Waals surface area contributed by atoms with Crippen molar-refractivity contribution in [3.8, 4) is 5.88 Å². The van der Waals surface area contributed by atoms with Crippen molar-refractivity contribution >= 4 is 5.82 Å². The lowest BCUT2D eigenvalue weighted by molar-refractivity contribution is 0.325. The van der Waals surface area contributed by atoms with E-state index in [1.165, 1.54) is 25.7 Å². The van der Waals surface area contributed by atoms with Crippen LogP contribution in [0.1, 0.15) is 45.4 Å². The Labute approximate surface area is 109 Å². The smallest absolute Gasteiger partial charge is 0.218 e. The average Bonchev–Trinajstić information content (AvgIpc) is 3.07. The maximum absolute atomic E-state index is 5.43. The van der Waals surface area contributed by atoms with E-state index in [1.54, 1.807) is 0 Å². The molecule has 1 saturated carbocycles. The van der Waals surface area contributed by atoms with Crippen molar-refractivity contribution in [2.75, 3.05) is 18.5 Å². The van der Waals surface area contributed by atoms with E-state index in [1.807, 2.05) is 19.9 Å². The Bertz CT molecular complexity index is 402. The lowest BCUT2D eigenvalue weighted by atomic mass is 10.0. The van der Waals surface area contributed by atoms with E-state index in [9.17, 15) is 0 Å². The predicted molar refractivity (Wildman–Crippen MR) is 73.0 cm³/mol. The summed E-state index contributed by atoms with van der Waals surface area (Å²) < 4.78 is 5.43. The molecule has 100 valence electrons. The molecule has 0 spiro atoms. The van der Waals surface area contributed by atoms with Crippen LogP contribution in [0.25, 0.3) is 0 Å². The summed E-state index contributed by atoms with van der Waals surface area (Å²) in [5.74, 6) is 2.30. The Morgan fingerprint density at radius 3 is 2.72 bits per heavy atom. The number of ether oxygens (including phenoxy) is 1. The molecular weight excluding hydrogens is 226 g/mol. The largest absolute Gasteiger partial charge is 0.478 e. The van der Waals surface area contributed by atoms with Crippen molar-refractivity contribution in [1.82, 2.24) is 9.97 Å². The Hall–Kier alpha value is -1.32. The summed E-state index contributed by atoms with van der Waals surface area (Å²) >= 11 is 0. The zero-order valence-corrected chi connectivity index (χ0v) is 11.6. The normalized spacial score (nSPS) is 16.4. The summed E-state index contributed by atoms with van der Waals surface area (Å²) in [4.78, 5) is 8.65. The number of aromatic nitrogens is 2. The second-order valence-electron chi connectivity index (χ2n) is 5.18. The minimum Gasteiger partial charge on any atom is -0.478 e. The van der Waals surface area contributed by atoms with Crippen LogP contribution in [0.3, 0.4) is 0 Å². The third-order valence-electron chi connectivity index (χ3n) is 3.49. The van der Waals surface area contributed by atoms with E-state index >= 15 is 0 Å². The van der Waals surface area contributed by atoms with E-state index in [0.29, 0.717) is 17.9 Å². The number of anilines is 1. The van der Waals surface area contributed by atoms with Gasteiger partial charge in [-0.15, -0.1) is 0 Å². The van der Waals surface area contributed by atoms with E-state index in [4.69, 9.17) is 4.74 Å². The third-order valence-corrected chi connectivity index (χ3v) is 3.49. The fraction of sp³-hybridized carbons (Fsp3) is 0.714. The van der Waals surface area contributed by atoms with Gasteiger partial charge in [-0.25, -0.2) is 4.98 Å². The summed E-state index contributed by atoms with van der Waals surface area (Å²) in [5.41, 5.74) is 0.527. The highest BCUT2D eigenvalue weighted by atomic mass is 16.5. The van der Waals surface area contributed by atoms with Crippen LogP contribution in [0, 0.1) is 12.3 Å². The predicted octanol–water partition coefficient (Wildman–Crippen LogP) is 3.18. The quantitative estimate of drug-likeness (QED) is 0.806. The molecule has 18 heavy (non-hydrogen) atoms. The fourth-order valence-corrected chi connectivity index (χ4v) is 2.35. The van der Waals surface area contributed by atoms with Gasteiger partial charge in [0.2, 0.25) is 5.88 Å². The van der Waals surface area contributed by atoms with E-state index in [0.717, 1.165) is 18.2 Å². The van der Waals surface area contributed by atoms with Crippen LogP contribution in [-0.4, -0.2) is 23.1 Å². The van der Waals surface area contributed by atoms with Crippen molar-refractivity contribution in [3.05, 3.63) is 11.9 Å². The highest BCUT2D eigenvalue weighted by Gasteiger charge is 2.41. The van der Waals surface area contributed by atoms with Crippen molar-refractivity contribution < 1.29 is 4.74 Å². The van der Waals surface area contributed by atoms with Gasteiger partial charge in [-0.05, 0) is 38.5 Å². The van der Waals surface area contributed by atoms with Crippen LogP contribution in [0.4, 0.5) is 5.82 Å². The summed E-state index contributed by atoms with van der Waals surface area (Å²) in [6, 6.07) is 1.89. The molecule has 1 fully saturated rings. The maximum atomic E-state index is 5.43. The molecule has 4 nitrogen and oxygen atoms in total. The third kappa shape index (κ3) is 3.34. The highest BCUT2D eigenvalue weighted by molar-refractivity contribution is 5.39. The minimum atomic E-state index is 0.527. The second-order valence-corrected chi connectivity index (χ2v) is 5.18. The molecule has 0 saturated heterocycles. The van der Waals surface area contributed by atoms with Gasteiger partial charge in [0, 0.05) is 12.6 Å². The first-order chi connectivity index (χ1) is 8.67. The number of rotatable bonds is 7. The van der Waals surface area contributed by atoms with Gasteiger partial charge in [0.25, 0.3) is 0 Å². The molecule has 1 heterocycles. The minimum absolute atomic E-state index is 0.527. The summed E-state index contributed by atoms with van der Waals surface area (Å²) in [5, 5.41) is 3.44. The van der Waals surface area contributed by atoms with Gasteiger partial charge in [-0.3, -0.25) is 0 Å². The Morgan fingerprint density at radius 2 is 2.11 bits per heavy atom. The van der Waals surface area contributed by atoms with Gasteiger partial charge >= 0.3 is 0 Å². The second kappa shape index (κ2) is 5.55. The van der Waals surface area contributed by atoms with E-state index < -0.39 is 0 Å². The van der Waals surface area contributed by atoms with Crippen molar-refractivity contribution in [1.29, 1.82) is 0 Å². The Balaban J connectivity index is 1.96. The first kappa shape index (κ1) is 13.1. The molecule has 1 aliphatic carbocycles. The van der Waals surface area contributed by atoms with Gasteiger partial charge in [0.1, 0.15) is 11.6 Å². The molecule has 1 aromatic rings. The molecule has 0 bridgehead atoms. The Kier molecular flexibility index (Phi) is 4.04. The first-order valence-corrected chi connectivity index (χ1v) is 6.90. The lowest BCUT2D eigenvalue weighted by Crippen LogP contribution is -2.16. The van der Waals surface area contributed by atoms with Crippen molar-refractivity contribution in [2.24, 2.45) is 5.41 Å². The summed E-state index contributed by atoms with van der Waals surface area (Å²) in [6.45, 7) is 7.76. The van der Waals surface area contributed by atoms with Crippen LogP contribution in [0.5, 0.6) is 5.88 Å². The van der Waals surface area contributed by atoms with Crippen LogP contribution in [-0.2, 0) is 0 Å². The number of aryl methyl sites for hydroxylation is 1. The fourth-order valence-electron chi connectivity index (χ4n) is 2.35. The Morgan fingerprint density at radius 1 is 1.33 bits per heavy atom. The number of hydrogen-bond acceptors (Lipinski definition) is 4. The first-order valence-electron chi connectivity index (χ1n) is 6.90. The standard InChI is InChI=1S/C14H23N3O/c1-4-6-14(7-8-14)10-15-12-9-13(18-5-2)17-11(3)16-12/h9H,4-8,10H2,1-3H3,(H,15,16,17). The SMILES string of the molecule is CCCC1(CNc2cc(OCC)nc(C)n2)CC1. The molecule has 0 unspecified atom stereocenters. The summed E-state index contributed by atoms with van der Waals surface area (Å²) in [6.07, 6.45) is 5.25. The highest BCUT2D eigenvalue weighted by Crippen LogP contribution is 2.49. The van der Waals surface area contributed by atoms with Crippen LogP contribution in [0.2, 0.25) is 0 Å². The molecule has 0 aromatic carbocycles. The van der Waals surface area contributed by atoms with Gasteiger partial charge < -0.3 is 10.1 Å². The lowest BCUT2D eigenvalue weighted by Gasteiger charge is -2.16. The van der Waals surface area contributed by atoms with E-state index in [2.05, 4.69) is 22.2 Å². The van der Waals surface area contributed by atoms with Gasteiger partial charge in [-0.2, -0.15) is 4.98 Å². The topological polar surface area (TPSA) is 47.0 Å². The number of hydrogen-bond donors (Lipinski definition) is 1. The molecule has 1 aliphatic rings. The molecular formula is C14H23N3O. The molecule has 0 aliphatic heterocycles. The van der Waals surface area contributed by atoms with Gasteiger partial charge in [-0.1, -0.05) is 13.3 Å². The zero-order chi connectivity index (χ0) is 13.0. The maximum Gasteiger partial charge on any atom is 0.218 e. The van der Waals surface area contributed by atoms with Crippen molar-refractivity contribution in [3.63, 3.8) is 0 Å². The van der Waals surface area contributed by atoms with Gasteiger partial charge in [0.15, 0.2) is 0 Å². The molecule has 0 amide bonds. The molecule has 0 radical (unpaired) electrons. The molecule has 1 aromatic heterocycles.